The van der Waals surface area contributed by atoms with Crippen molar-refractivity contribution in [3.8, 4) is 0 Å². The lowest BCUT2D eigenvalue weighted by molar-refractivity contribution is 1.36. The van der Waals surface area contributed by atoms with E-state index in [9.17, 15) is 0 Å². The zero-order valence-electron chi connectivity index (χ0n) is 13.4. The molecule has 0 spiro atoms. The molecule has 4 rings (SSSR count). The summed E-state index contributed by atoms with van der Waals surface area (Å²) in [5, 5.41) is 6.57. The molecule has 0 atom stereocenters. The molecular weight excluding hydrogens is 294 g/mol. The summed E-state index contributed by atoms with van der Waals surface area (Å²) in [6, 6.07) is 24.5. The molecule has 3 heteroatoms. The van der Waals surface area contributed by atoms with E-state index in [1.54, 1.807) is 0 Å². The fourth-order valence-electron chi connectivity index (χ4n) is 2.78. The first kappa shape index (κ1) is 14.4. The van der Waals surface area contributed by atoms with Crippen molar-refractivity contribution in [3.63, 3.8) is 0 Å². The van der Waals surface area contributed by atoms with Crippen molar-refractivity contribution in [2.24, 2.45) is 5.10 Å². The predicted octanol–water partition coefficient (Wildman–Crippen LogP) is 5.14. The first-order valence-electron chi connectivity index (χ1n) is 7.94. The van der Waals surface area contributed by atoms with Gasteiger partial charge in [-0.25, -0.2) is 4.98 Å². The minimum Gasteiger partial charge on any atom is -0.277 e. The number of rotatable bonds is 3. The van der Waals surface area contributed by atoms with Crippen molar-refractivity contribution in [3.05, 3.63) is 83.9 Å². The monoisotopic (exact) mass is 311 g/mol. The van der Waals surface area contributed by atoms with E-state index >= 15 is 0 Å². The van der Waals surface area contributed by atoms with Gasteiger partial charge < -0.3 is 0 Å². The van der Waals surface area contributed by atoms with E-state index in [-0.39, 0.29) is 0 Å². The van der Waals surface area contributed by atoms with E-state index in [0.717, 1.165) is 33.1 Å². The summed E-state index contributed by atoms with van der Waals surface area (Å²) in [6.07, 6.45) is 1.84. The molecule has 24 heavy (non-hydrogen) atoms. The molecule has 0 aliphatic rings. The Hall–Kier alpha value is -3.20. The van der Waals surface area contributed by atoms with Crippen LogP contribution >= 0.6 is 0 Å². The van der Waals surface area contributed by atoms with Gasteiger partial charge in [0, 0.05) is 10.8 Å². The predicted molar refractivity (Wildman–Crippen MR) is 102 cm³/mol. The highest BCUT2D eigenvalue weighted by Gasteiger charge is 2.07. The van der Waals surface area contributed by atoms with E-state index in [4.69, 9.17) is 4.98 Å². The molecule has 3 aromatic carbocycles. The van der Waals surface area contributed by atoms with Crippen LogP contribution in [0.5, 0.6) is 0 Å². The molecule has 0 bridgehead atoms. The molecule has 3 nitrogen and oxygen atoms in total. The normalized spacial score (nSPS) is 11.4. The molecule has 0 aliphatic carbocycles. The highest BCUT2D eigenvalue weighted by atomic mass is 15.3. The number of anilines is 1. The van der Waals surface area contributed by atoms with Crippen LogP contribution in [0.15, 0.2) is 77.9 Å². The molecule has 4 aromatic rings. The fraction of sp³-hybridized carbons (Fsp3) is 0.0476. The summed E-state index contributed by atoms with van der Waals surface area (Å²) in [4.78, 5) is 4.72. The van der Waals surface area contributed by atoms with Gasteiger partial charge in [0.05, 0.1) is 22.9 Å². The molecule has 0 fully saturated rings. The summed E-state index contributed by atoms with van der Waals surface area (Å²) in [6.45, 7) is 2.08. The van der Waals surface area contributed by atoms with Crippen molar-refractivity contribution in [1.29, 1.82) is 0 Å². The van der Waals surface area contributed by atoms with Crippen molar-refractivity contribution < 1.29 is 0 Å². The maximum absolute atomic E-state index is 4.72. The topological polar surface area (TPSA) is 37.3 Å². The minimum absolute atomic E-state index is 0.962. The van der Waals surface area contributed by atoms with Gasteiger partial charge in [-0.2, -0.15) is 5.10 Å². The Labute approximate surface area is 140 Å². The number of pyridine rings is 1. The largest absolute Gasteiger partial charge is 0.277 e. The van der Waals surface area contributed by atoms with Crippen molar-refractivity contribution in [1.82, 2.24) is 4.98 Å². The summed E-state index contributed by atoms with van der Waals surface area (Å²) in [5.41, 5.74) is 8.44. The van der Waals surface area contributed by atoms with Crippen LogP contribution in [-0.2, 0) is 0 Å². The van der Waals surface area contributed by atoms with Crippen LogP contribution in [0.1, 0.15) is 11.1 Å². The van der Waals surface area contributed by atoms with Gasteiger partial charge in [0.1, 0.15) is 0 Å². The highest BCUT2D eigenvalue weighted by Crippen LogP contribution is 2.30. The number of hydrogen-bond donors (Lipinski definition) is 1. The lowest BCUT2D eigenvalue weighted by atomic mass is 10.1. The number of hydrazone groups is 1. The third kappa shape index (κ3) is 2.72. The maximum Gasteiger partial charge on any atom is 0.0749 e. The number of nitrogens with zero attached hydrogens (tertiary/aromatic N) is 2. The Morgan fingerprint density at radius 2 is 1.38 bits per heavy atom. The lowest BCUT2D eigenvalue weighted by Crippen LogP contribution is -1.95. The van der Waals surface area contributed by atoms with Gasteiger partial charge in [-0.05, 0) is 24.6 Å². The van der Waals surface area contributed by atoms with E-state index in [1.165, 1.54) is 5.56 Å². The molecule has 0 amide bonds. The molecule has 0 unspecified atom stereocenters. The summed E-state index contributed by atoms with van der Waals surface area (Å²) in [5.74, 6) is 0. The lowest BCUT2D eigenvalue weighted by Gasteiger charge is -2.09. The van der Waals surface area contributed by atoms with Crippen LogP contribution in [0.4, 0.5) is 5.69 Å². The van der Waals surface area contributed by atoms with Gasteiger partial charge in [0.25, 0.3) is 0 Å². The first-order valence-corrected chi connectivity index (χ1v) is 7.94. The van der Waals surface area contributed by atoms with Gasteiger partial charge in [-0.3, -0.25) is 5.43 Å². The number of aromatic nitrogens is 1. The van der Waals surface area contributed by atoms with Crippen molar-refractivity contribution >= 4 is 33.7 Å². The third-order valence-corrected chi connectivity index (χ3v) is 4.06. The molecule has 0 radical (unpaired) electrons. The van der Waals surface area contributed by atoms with Crippen LogP contribution in [-0.4, -0.2) is 11.2 Å². The molecule has 0 aliphatic heterocycles. The van der Waals surface area contributed by atoms with Crippen LogP contribution in [0, 0.1) is 6.92 Å². The van der Waals surface area contributed by atoms with Crippen molar-refractivity contribution in [2.45, 2.75) is 6.92 Å². The van der Waals surface area contributed by atoms with Crippen LogP contribution in [0.25, 0.3) is 21.8 Å². The maximum atomic E-state index is 4.72. The number of hydrogen-bond acceptors (Lipinski definition) is 3. The van der Waals surface area contributed by atoms with Gasteiger partial charge >= 0.3 is 0 Å². The Bertz CT molecular complexity index is 980. The summed E-state index contributed by atoms with van der Waals surface area (Å²) >= 11 is 0. The van der Waals surface area contributed by atoms with Crippen molar-refractivity contribution in [2.75, 3.05) is 5.43 Å². The van der Waals surface area contributed by atoms with Crippen LogP contribution < -0.4 is 5.43 Å². The molecule has 1 aromatic heterocycles. The van der Waals surface area contributed by atoms with E-state index in [0.29, 0.717) is 0 Å². The van der Waals surface area contributed by atoms with E-state index in [1.807, 2.05) is 42.6 Å². The van der Waals surface area contributed by atoms with Crippen LogP contribution in [0.3, 0.4) is 0 Å². The second-order valence-electron chi connectivity index (χ2n) is 5.80. The molecule has 116 valence electrons. The zero-order valence-corrected chi connectivity index (χ0v) is 13.4. The summed E-state index contributed by atoms with van der Waals surface area (Å²) < 4.78 is 0. The molecular formula is C21H17N3. The fourth-order valence-corrected chi connectivity index (χ4v) is 2.78. The third-order valence-electron chi connectivity index (χ3n) is 4.06. The number of benzene rings is 3. The zero-order chi connectivity index (χ0) is 16.4. The van der Waals surface area contributed by atoms with Gasteiger partial charge in [-0.1, -0.05) is 66.2 Å². The first-order chi connectivity index (χ1) is 11.8. The quantitative estimate of drug-likeness (QED) is 0.323. The Morgan fingerprint density at radius 1 is 0.792 bits per heavy atom. The van der Waals surface area contributed by atoms with Crippen LogP contribution in [0.2, 0.25) is 0 Å². The number of para-hydroxylation sites is 2. The van der Waals surface area contributed by atoms with Gasteiger partial charge in [0.15, 0.2) is 0 Å². The van der Waals surface area contributed by atoms with E-state index < -0.39 is 0 Å². The molecule has 1 N–H and O–H groups in total. The molecule has 0 saturated heterocycles. The Balaban J connectivity index is 1.77. The number of nitrogens with one attached hydrogen (secondary N) is 1. The standard InChI is InChI=1S/C21H17N3/c1-15-10-12-16(13-11-15)14-22-24-21-17-6-2-4-8-19(17)23-20-9-5-3-7-18(20)21/h2-14H,1H3,(H,23,24)/b22-14+. The molecule has 1 heterocycles. The smallest absolute Gasteiger partial charge is 0.0749 e. The van der Waals surface area contributed by atoms with Gasteiger partial charge in [0.2, 0.25) is 0 Å². The average molecular weight is 311 g/mol. The molecule has 0 saturated carbocycles. The Kier molecular flexibility index (Phi) is 3.67. The Morgan fingerprint density at radius 3 is 2.00 bits per heavy atom. The average Bonchev–Trinajstić information content (AvgIpc) is 2.63. The SMILES string of the molecule is Cc1ccc(/C=N/Nc2c3ccccc3nc3ccccc23)cc1. The highest BCUT2D eigenvalue weighted by molar-refractivity contribution is 6.07. The second kappa shape index (κ2) is 6.13. The minimum atomic E-state index is 0.962. The number of aryl methyl sites for hydroxylation is 1. The second-order valence-corrected chi connectivity index (χ2v) is 5.80. The van der Waals surface area contributed by atoms with E-state index in [2.05, 4.69) is 53.8 Å². The summed E-state index contributed by atoms with van der Waals surface area (Å²) in [7, 11) is 0. The van der Waals surface area contributed by atoms with Gasteiger partial charge in [-0.15, -0.1) is 0 Å². The number of fused-ring (bicyclic) bond motifs is 2.